The molecule has 0 aromatic heterocycles. The number of halogens is 1. The Morgan fingerprint density at radius 3 is 2.83 bits per heavy atom. The van der Waals surface area contributed by atoms with Crippen LogP contribution in [-0.4, -0.2) is 25.2 Å². The van der Waals surface area contributed by atoms with Crippen molar-refractivity contribution in [3.63, 3.8) is 0 Å². The van der Waals surface area contributed by atoms with Gasteiger partial charge in [0.15, 0.2) is 0 Å². The maximum absolute atomic E-state index is 6.19. The first-order chi connectivity index (χ1) is 8.71. The molecule has 1 aliphatic heterocycles. The van der Waals surface area contributed by atoms with Gasteiger partial charge in [0.25, 0.3) is 0 Å². The third kappa shape index (κ3) is 2.02. The van der Waals surface area contributed by atoms with Crippen LogP contribution in [-0.2, 0) is 0 Å². The van der Waals surface area contributed by atoms with E-state index in [0.29, 0.717) is 5.54 Å². The molecule has 3 heteroatoms. The maximum atomic E-state index is 6.19. The van der Waals surface area contributed by atoms with Crippen LogP contribution in [0.1, 0.15) is 31.2 Å². The molecule has 1 aromatic carbocycles. The van der Waals surface area contributed by atoms with Gasteiger partial charge in [-0.2, -0.15) is 0 Å². The summed E-state index contributed by atoms with van der Waals surface area (Å²) in [5.74, 6) is 0. The summed E-state index contributed by atoms with van der Waals surface area (Å²) in [6.45, 7) is 5.49. The zero-order valence-corrected chi connectivity index (χ0v) is 11.8. The lowest BCUT2D eigenvalue weighted by molar-refractivity contribution is 0.332. The minimum absolute atomic E-state index is 0.341. The van der Waals surface area contributed by atoms with E-state index in [0.717, 1.165) is 24.7 Å². The molecule has 0 unspecified atom stereocenters. The van der Waals surface area contributed by atoms with E-state index in [1.54, 1.807) is 0 Å². The largest absolute Gasteiger partial charge is 0.363 e. The van der Waals surface area contributed by atoms with Gasteiger partial charge < -0.3 is 10.2 Å². The monoisotopic (exact) mass is 264 g/mol. The van der Waals surface area contributed by atoms with Gasteiger partial charge in [0, 0.05) is 30.3 Å². The highest BCUT2D eigenvalue weighted by molar-refractivity contribution is 6.30. The van der Waals surface area contributed by atoms with E-state index >= 15 is 0 Å². The molecular weight excluding hydrogens is 244 g/mol. The van der Waals surface area contributed by atoms with E-state index < -0.39 is 0 Å². The van der Waals surface area contributed by atoms with E-state index in [1.807, 2.05) is 6.07 Å². The summed E-state index contributed by atoms with van der Waals surface area (Å²) >= 11 is 6.19. The van der Waals surface area contributed by atoms with Crippen LogP contribution in [0.4, 0.5) is 5.69 Å². The van der Waals surface area contributed by atoms with Crippen LogP contribution < -0.4 is 10.2 Å². The Bertz CT molecular complexity index is 438. The summed E-state index contributed by atoms with van der Waals surface area (Å²) in [4.78, 5) is 2.62. The van der Waals surface area contributed by atoms with Crippen molar-refractivity contribution in [2.75, 3.05) is 24.5 Å². The lowest BCUT2D eigenvalue weighted by Crippen LogP contribution is -2.60. The molecule has 0 radical (unpaired) electrons. The van der Waals surface area contributed by atoms with Crippen molar-refractivity contribution in [2.24, 2.45) is 0 Å². The van der Waals surface area contributed by atoms with Crippen molar-refractivity contribution in [2.45, 2.75) is 38.1 Å². The normalized spacial score (nSPS) is 22.7. The van der Waals surface area contributed by atoms with Crippen LogP contribution in [0.2, 0.25) is 5.02 Å². The highest BCUT2D eigenvalue weighted by Gasteiger charge is 2.41. The average Bonchev–Trinajstić information content (AvgIpc) is 2.82. The molecular formula is C15H21ClN2. The standard InChI is InChI=1S/C15H21ClN2/c1-12-4-5-13(16)10-14(12)18-9-8-17-11-15(18)6-2-3-7-15/h4-5,10,17H,2-3,6-9,11H2,1H3. The number of benzene rings is 1. The number of hydrogen-bond acceptors (Lipinski definition) is 2. The molecule has 2 aliphatic rings. The van der Waals surface area contributed by atoms with Crippen molar-refractivity contribution in [1.82, 2.24) is 5.32 Å². The molecule has 0 bridgehead atoms. The highest BCUT2D eigenvalue weighted by Crippen LogP contribution is 2.40. The average molecular weight is 265 g/mol. The number of hydrogen-bond donors (Lipinski definition) is 1. The molecule has 0 atom stereocenters. The Morgan fingerprint density at radius 2 is 2.06 bits per heavy atom. The first-order valence-corrected chi connectivity index (χ1v) is 7.34. The quantitative estimate of drug-likeness (QED) is 0.837. The SMILES string of the molecule is Cc1ccc(Cl)cc1N1CCNCC12CCCC2. The fourth-order valence-electron chi connectivity index (χ4n) is 3.57. The van der Waals surface area contributed by atoms with Crippen molar-refractivity contribution in [3.05, 3.63) is 28.8 Å². The third-order valence-electron chi connectivity index (χ3n) is 4.54. The van der Waals surface area contributed by atoms with Crippen molar-refractivity contribution < 1.29 is 0 Å². The van der Waals surface area contributed by atoms with Crippen LogP contribution in [0.3, 0.4) is 0 Å². The number of rotatable bonds is 1. The first kappa shape index (κ1) is 12.3. The number of nitrogens with zero attached hydrogens (tertiary/aromatic N) is 1. The fourth-order valence-corrected chi connectivity index (χ4v) is 3.74. The topological polar surface area (TPSA) is 15.3 Å². The van der Waals surface area contributed by atoms with Gasteiger partial charge in [-0.1, -0.05) is 30.5 Å². The Hall–Kier alpha value is -0.730. The minimum Gasteiger partial charge on any atom is -0.363 e. The summed E-state index contributed by atoms with van der Waals surface area (Å²) in [6, 6.07) is 6.27. The molecule has 1 N–H and O–H groups in total. The van der Waals surface area contributed by atoms with Crippen molar-refractivity contribution in [3.8, 4) is 0 Å². The molecule has 0 amide bonds. The van der Waals surface area contributed by atoms with Crippen LogP contribution in [0.5, 0.6) is 0 Å². The molecule has 1 heterocycles. The van der Waals surface area contributed by atoms with Gasteiger partial charge >= 0.3 is 0 Å². The van der Waals surface area contributed by atoms with E-state index in [-0.39, 0.29) is 0 Å². The second kappa shape index (κ2) is 4.75. The van der Waals surface area contributed by atoms with Gasteiger partial charge in [0.2, 0.25) is 0 Å². The molecule has 1 aliphatic carbocycles. The second-order valence-corrected chi connectivity index (χ2v) is 6.13. The molecule has 98 valence electrons. The molecule has 1 spiro atoms. The van der Waals surface area contributed by atoms with E-state index in [4.69, 9.17) is 11.6 Å². The van der Waals surface area contributed by atoms with Crippen LogP contribution in [0, 0.1) is 6.92 Å². The number of aryl methyl sites for hydroxylation is 1. The molecule has 3 rings (SSSR count). The summed E-state index contributed by atoms with van der Waals surface area (Å²) in [5, 5.41) is 4.43. The first-order valence-electron chi connectivity index (χ1n) is 6.96. The zero-order chi connectivity index (χ0) is 12.6. The third-order valence-corrected chi connectivity index (χ3v) is 4.77. The number of nitrogens with one attached hydrogen (secondary N) is 1. The van der Waals surface area contributed by atoms with Gasteiger partial charge in [0.05, 0.1) is 5.54 Å². The minimum atomic E-state index is 0.341. The van der Waals surface area contributed by atoms with E-state index in [1.165, 1.54) is 36.9 Å². The summed E-state index contributed by atoms with van der Waals surface area (Å²) in [7, 11) is 0. The summed E-state index contributed by atoms with van der Waals surface area (Å²) in [6.07, 6.45) is 5.34. The molecule has 2 fully saturated rings. The Kier molecular flexibility index (Phi) is 3.25. The van der Waals surface area contributed by atoms with Crippen LogP contribution >= 0.6 is 11.6 Å². The lowest BCUT2D eigenvalue weighted by atomic mass is 9.91. The lowest BCUT2D eigenvalue weighted by Gasteiger charge is -2.47. The molecule has 18 heavy (non-hydrogen) atoms. The van der Waals surface area contributed by atoms with Gasteiger partial charge in [0.1, 0.15) is 0 Å². The summed E-state index contributed by atoms with van der Waals surface area (Å²) < 4.78 is 0. The second-order valence-electron chi connectivity index (χ2n) is 5.69. The Labute approximate surface area is 114 Å². The fraction of sp³-hybridized carbons (Fsp3) is 0.600. The Morgan fingerprint density at radius 1 is 1.28 bits per heavy atom. The maximum Gasteiger partial charge on any atom is 0.0527 e. The smallest absolute Gasteiger partial charge is 0.0527 e. The molecule has 1 saturated carbocycles. The Balaban J connectivity index is 1.99. The van der Waals surface area contributed by atoms with Crippen LogP contribution in [0.15, 0.2) is 18.2 Å². The van der Waals surface area contributed by atoms with E-state index in [9.17, 15) is 0 Å². The molecule has 2 nitrogen and oxygen atoms in total. The predicted octanol–water partition coefficient (Wildman–Crippen LogP) is 3.37. The van der Waals surface area contributed by atoms with Gasteiger partial charge in [-0.3, -0.25) is 0 Å². The van der Waals surface area contributed by atoms with Gasteiger partial charge in [-0.05, 0) is 37.5 Å². The zero-order valence-electron chi connectivity index (χ0n) is 11.0. The van der Waals surface area contributed by atoms with Gasteiger partial charge in [-0.15, -0.1) is 0 Å². The predicted molar refractivity (Wildman–Crippen MR) is 77.6 cm³/mol. The number of anilines is 1. The molecule has 1 aromatic rings. The van der Waals surface area contributed by atoms with Gasteiger partial charge in [-0.25, -0.2) is 0 Å². The van der Waals surface area contributed by atoms with Crippen molar-refractivity contribution >= 4 is 17.3 Å². The van der Waals surface area contributed by atoms with Crippen LogP contribution in [0.25, 0.3) is 0 Å². The number of piperazine rings is 1. The summed E-state index contributed by atoms with van der Waals surface area (Å²) in [5.41, 5.74) is 3.02. The van der Waals surface area contributed by atoms with E-state index in [2.05, 4.69) is 29.3 Å². The van der Waals surface area contributed by atoms with Crippen molar-refractivity contribution in [1.29, 1.82) is 0 Å². The highest BCUT2D eigenvalue weighted by atomic mass is 35.5. The molecule has 1 saturated heterocycles.